The van der Waals surface area contributed by atoms with E-state index in [0.29, 0.717) is 20.8 Å². The average molecular weight is 1020 g/mol. The zero-order chi connectivity index (χ0) is 47.0. The smallest absolute Gasteiger partial charge is 0.430 e. The second kappa shape index (κ2) is 19.4. The quantitative estimate of drug-likeness (QED) is 0.215. The van der Waals surface area contributed by atoms with Crippen molar-refractivity contribution in [1.82, 2.24) is 34.8 Å². The van der Waals surface area contributed by atoms with Crippen molar-refractivity contribution in [3.8, 4) is 0 Å². The van der Waals surface area contributed by atoms with E-state index in [0.717, 1.165) is 62.7 Å². The molecule has 21 nitrogen and oxygen atoms in total. The molecule has 6 atom stereocenters. The molecule has 2 aliphatic carbocycles. The lowest BCUT2D eigenvalue weighted by Crippen LogP contribution is -2.69. The van der Waals surface area contributed by atoms with Gasteiger partial charge in [0, 0.05) is 80.2 Å². The van der Waals surface area contributed by atoms with Crippen molar-refractivity contribution < 1.29 is 39.9 Å². The molecule has 0 aromatic carbocycles. The third-order valence-electron chi connectivity index (χ3n) is 12.1. The molecule has 0 bridgehead atoms. The summed E-state index contributed by atoms with van der Waals surface area (Å²) in [4.78, 5) is 35.6. The average Bonchev–Trinajstić information content (AvgIpc) is 3.89. The zero-order valence-electron chi connectivity index (χ0n) is 33.9. The molecule has 2 saturated heterocycles. The van der Waals surface area contributed by atoms with E-state index in [1.807, 2.05) is 12.3 Å². The topological polar surface area (TPSA) is 292 Å². The Morgan fingerprint density at radius 2 is 1.22 bits per heavy atom. The zero-order valence-corrected chi connectivity index (χ0v) is 38.6. The van der Waals surface area contributed by atoms with Gasteiger partial charge in [-0.2, -0.15) is 38.6 Å². The fraction of sp³-hybridized carbons (Fsp3) is 0.618. The molecular formula is C34H45Cl4F3N15O6S2-. The minimum absolute atomic E-state index is 0.00591. The molecular weight excluding hydrogens is 977 g/mol. The van der Waals surface area contributed by atoms with Crippen LogP contribution in [0.25, 0.3) is 0 Å². The van der Waals surface area contributed by atoms with Crippen LogP contribution in [0.5, 0.6) is 0 Å². The Labute approximate surface area is 387 Å². The monoisotopic (exact) mass is 1020 g/mol. The third kappa shape index (κ3) is 11.4. The summed E-state index contributed by atoms with van der Waals surface area (Å²) in [5, 5.41) is 33.9. The van der Waals surface area contributed by atoms with Crippen LogP contribution in [-0.4, -0.2) is 149 Å². The largest absolute Gasteiger partial charge is 0.542 e. The molecule has 8 heterocycles. The van der Waals surface area contributed by atoms with Crippen molar-refractivity contribution in [1.29, 1.82) is 0 Å². The Kier molecular flexibility index (Phi) is 15.2. The van der Waals surface area contributed by atoms with Crippen LogP contribution >= 0.6 is 46.4 Å². The van der Waals surface area contributed by atoms with Gasteiger partial charge in [0.25, 0.3) is 20.4 Å². The third-order valence-corrected chi connectivity index (χ3v) is 15.7. The van der Waals surface area contributed by atoms with Gasteiger partial charge in [0.05, 0.1) is 17.8 Å². The summed E-state index contributed by atoms with van der Waals surface area (Å²) >= 11 is 23.7. The number of carbonyl (C=O) groups is 1. The molecule has 0 aromatic rings. The number of aliphatic carboxylic acids is 1. The molecule has 2 saturated carbocycles. The lowest BCUT2D eigenvalue weighted by molar-refractivity contribution is -0.344. The van der Waals surface area contributed by atoms with Crippen LogP contribution in [0, 0.1) is 28.6 Å². The van der Waals surface area contributed by atoms with Gasteiger partial charge in [0.2, 0.25) is 0 Å². The summed E-state index contributed by atoms with van der Waals surface area (Å²) in [6, 6.07) is 0.128. The fourth-order valence-electron chi connectivity index (χ4n) is 8.35. The molecule has 64 heavy (non-hydrogen) atoms. The lowest BCUT2D eigenvalue weighted by atomic mass is 9.60. The van der Waals surface area contributed by atoms with E-state index in [2.05, 4.69) is 56.1 Å². The van der Waals surface area contributed by atoms with Crippen LogP contribution in [-0.2, 0) is 25.2 Å². The molecule has 6 unspecified atom stereocenters. The van der Waals surface area contributed by atoms with Gasteiger partial charge in [-0.05, 0) is 37.3 Å². The number of fused-ring (bicyclic) bond motifs is 3. The van der Waals surface area contributed by atoms with Crippen molar-refractivity contribution in [3.63, 3.8) is 0 Å². The van der Waals surface area contributed by atoms with Gasteiger partial charge >= 0.3 is 6.18 Å². The molecule has 30 heteroatoms. The molecule has 0 radical (unpaired) electrons. The number of hydrogen-bond acceptors (Lipinski definition) is 17. The first-order valence-corrected chi connectivity index (χ1v) is 23.9. The van der Waals surface area contributed by atoms with E-state index in [9.17, 15) is 30.0 Å². The normalized spacial score (nSPS) is 30.5. The van der Waals surface area contributed by atoms with Crippen molar-refractivity contribution >= 4 is 108 Å². The molecule has 8 N–H and O–H groups in total. The Morgan fingerprint density at radius 3 is 1.67 bits per heavy atom. The maximum atomic E-state index is 11.4. The number of nitrogens with one attached hydrogen (secondary N) is 4. The first kappa shape index (κ1) is 50.0. The molecule has 8 aliphatic heterocycles. The minimum atomic E-state index is -5.19. The number of carbonyl (C=O) groups excluding carboxylic acids is 1. The van der Waals surface area contributed by atoms with Crippen molar-refractivity contribution in [3.05, 3.63) is 34.7 Å². The Morgan fingerprint density at radius 1 is 0.766 bits per heavy atom. The number of nitrogens with zero attached hydrogens (tertiary/aromatic N) is 9. The highest BCUT2D eigenvalue weighted by Gasteiger charge is 2.56. The number of aliphatic imine (C=N–C) groups is 6. The molecule has 0 amide bonds. The number of amidine groups is 1. The summed E-state index contributed by atoms with van der Waals surface area (Å²) in [6.45, 7) is 3.81. The number of alkyl halides is 3. The lowest BCUT2D eigenvalue weighted by Gasteiger charge is -2.61. The van der Waals surface area contributed by atoms with Crippen LogP contribution < -0.4 is 36.7 Å². The summed E-state index contributed by atoms with van der Waals surface area (Å²) < 4.78 is 78.8. The van der Waals surface area contributed by atoms with Gasteiger partial charge in [0.1, 0.15) is 59.7 Å². The Bertz CT molecular complexity index is 2310. The van der Waals surface area contributed by atoms with E-state index in [1.165, 1.54) is 21.3 Å². The van der Waals surface area contributed by atoms with E-state index < -0.39 is 32.6 Å². The number of hydrogen-bond donors (Lipinski definition) is 6. The summed E-state index contributed by atoms with van der Waals surface area (Å²) in [6.07, 6.45) is 10.2. The van der Waals surface area contributed by atoms with Gasteiger partial charge < -0.3 is 36.1 Å². The van der Waals surface area contributed by atoms with Crippen molar-refractivity contribution in [2.24, 2.45) is 68.8 Å². The maximum Gasteiger partial charge on any atom is 0.430 e. The minimum Gasteiger partial charge on any atom is -0.542 e. The predicted octanol–water partition coefficient (Wildman–Crippen LogP) is -0.159. The van der Waals surface area contributed by atoms with Crippen LogP contribution in [0.2, 0.25) is 0 Å². The highest BCUT2D eigenvalue weighted by atomic mass is 35.5. The standard InChI is InChI=1S/C13H19ClN6O2S.C7H15N3O2S.C6H5Cl2N3.C6H6ClN3.C2HF3O2/c1-19(23(15,21)22)8-2-13(3-8)5-20(6-13)12-10-9(14)4-16-11(10)17-7-18-12;1-10(13(8,11)12)6-2-7(3-6)4-9-5-7;7-3-1-9-6-4(3)5(8)10-2-11-6;7-5-4-1-2-8-6(4)10-3-9-5;3-2(4,5)1(6)7/h4,7-8,10-11,16H,2-3,5-6H2,1H3,(H2,15,21,22);6,9H,2-5H2,1H3,(H2,8,11,12);1-2,4,6,9H;1-4,6,8H;(H,6,7)/p-1. The van der Waals surface area contributed by atoms with Gasteiger partial charge in [0.15, 0.2) is 0 Å². The number of halogens is 7. The summed E-state index contributed by atoms with van der Waals surface area (Å²) in [7, 11) is -3.99. The molecule has 4 fully saturated rings. The van der Waals surface area contributed by atoms with E-state index >= 15 is 0 Å². The number of carboxylic acids is 1. The van der Waals surface area contributed by atoms with Crippen LogP contribution in [0.3, 0.4) is 0 Å². The van der Waals surface area contributed by atoms with Crippen molar-refractivity contribution in [2.45, 2.75) is 62.4 Å². The molecule has 2 spiro atoms. The van der Waals surface area contributed by atoms with Gasteiger partial charge in [-0.25, -0.2) is 40.2 Å². The molecule has 354 valence electrons. The number of carboxylic acid groups (broad SMARTS) is 1. The van der Waals surface area contributed by atoms with Gasteiger partial charge in [-0.1, -0.05) is 52.5 Å². The highest BCUT2D eigenvalue weighted by molar-refractivity contribution is 7.87. The first-order valence-electron chi connectivity index (χ1n) is 19.3. The molecule has 10 aliphatic rings. The summed E-state index contributed by atoms with van der Waals surface area (Å²) in [5.41, 5.74) is 0.571. The highest BCUT2D eigenvalue weighted by Crippen LogP contribution is 2.51. The maximum absolute atomic E-state index is 11.4. The first-order chi connectivity index (χ1) is 29.8. The van der Waals surface area contributed by atoms with Crippen molar-refractivity contribution in [2.75, 3.05) is 40.3 Å². The Hall–Kier alpha value is -3.44. The number of likely N-dealkylation sites (tertiary alicyclic amines) is 1. The summed E-state index contributed by atoms with van der Waals surface area (Å²) in [5.74, 6) is -1.98. The van der Waals surface area contributed by atoms with Gasteiger partial charge in [-0.15, -0.1) is 0 Å². The van der Waals surface area contributed by atoms with Crippen LogP contribution in [0.15, 0.2) is 64.7 Å². The van der Waals surface area contributed by atoms with E-state index in [-0.39, 0.29) is 53.7 Å². The molecule has 0 aromatic heterocycles. The molecule has 10 rings (SSSR count). The second-order valence-corrected chi connectivity index (χ2v) is 21.3. The predicted molar refractivity (Wildman–Crippen MR) is 236 cm³/mol. The van der Waals surface area contributed by atoms with Crippen LogP contribution in [0.1, 0.15) is 25.7 Å². The van der Waals surface area contributed by atoms with Crippen LogP contribution in [0.4, 0.5) is 13.2 Å². The Balaban J connectivity index is 0.000000142. The SMILES string of the molecule is CN(C1CC2(C1)CN(C1=NC=NC3NC=C(Cl)C13)C2)S(N)(=O)=O.CN(C1CC2(CNC2)C1)S(N)(=O)=O.ClC1=CNC2N=CN=C(Cl)C12.ClC1=NC=NC2NC=CC12.O=C([O-])C(F)(F)F. The van der Waals surface area contributed by atoms with E-state index in [1.54, 1.807) is 32.8 Å². The number of rotatable bonds is 4. The van der Waals surface area contributed by atoms with Gasteiger partial charge in [-0.3, -0.25) is 0 Å². The van der Waals surface area contributed by atoms with E-state index in [4.69, 9.17) is 66.6 Å². The second-order valence-electron chi connectivity index (χ2n) is 16.4. The number of nitrogens with two attached hydrogens (primary N) is 2. The fourth-order valence-corrected chi connectivity index (χ4v) is 10.6.